The summed E-state index contributed by atoms with van der Waals surface area (Å²) in [4.78, 5) is 26.9. The molecule has 134 valence electrons. The first-order chi connectivity index (χ1) is 11.5. The lowest BCUT2D eigenvalue weighted by Crippen LogP contribution is -2.44. The van der Waals surface area contributed by atoms with E-state index < -0.39 is 6.09 Å². The zero-order chi connectivity index (χ0) is 17.9. The second-order valence-corrected chi connectivity index (χ2v) is 6.10. The number of carbonyl (C=O) groups excluding carboxylic acids is 1. The molecular weight excluding hydrogens is 376 g/mol. The van der Waals surface area contributed by atoms with Crippen molar-refractivity contribution in [3.63, 3.8) is 0 Å². The fraction of sp³-hybridized carbons (Fsp3) is 0.500. The molecular formula is C16H25BrN4O3. The van der Waals surface area contributed by atoms with E-state index in [0.29, 0.717) is 18.8 Å². The van der Waals surface area contributed by atoms with Crippen molar-refractivity contribution in [2.75, 3.05) is 44.6 Å². The Labute approximate surface area is 151 Å². The topological polar surface area (TPSA) is 84.9 Å². The standard InChI is InChI=1S/C16H25BrN4O3/c1-3-20(4-2)11-12-21(10-9-18-16(23)24)15(22)19-14-7-5-13(17)6-8-14/h5-8,18H,3-4,9-12H2,1-2H3,(H,19,22)(H,23,24). The largest absolute Gasteiger partial charge is 0.465 e. The molecule has 1 aromatic carbocycles. The maximum atomic E-state index is 12.5. The molecule has 1 aromatic rings. The number of nitrogens with one attached hydrogen (secondary N) is 2. The minimum Gasteiger partial charge on any atom is -0.465 e. The van der Waals surface area contributed by atoms with E-state index in [1.165, 1.54) is 0 Å². The van der Waals surface area contributed by atoms with Crippen molar-refractivity contribution < 1.29 is 14.7 Å². The first-order valence-corrected chi connectivity index (χ1v) is 8.76. The maximum Gasteiger partial charge on any atom is 0.404 e. The number of likely N-dealkylation sites (N-methyl/N-ethyl adjacent to an activating group) is 1. The van der Waals surface area contributed by atoms with Crippen LogP contribution in [0.1, 0.15) is 13.8 Å². The molecule has 0 saturated carbocycles. The van der Waals surface area contributed by atoms with E-state index >= 15 is 0 Å². The van der Waals surface area contributed by atoms with Crippen molar-refractivity contribution in [2.45, 2.75) is 13.8 Å². The molecule has 0 heterocycles. The van der Waals surface area contributed by atoms with Crippen LogP contribution in [0.15, 0.2) is 28.7 Å². The normalized spacial score (nSPS) is 10.5. The molecule has 0 aliphatic carbocycles. The van der Waals surface area contributed by atoms with Gasteiger partial charge in [0.1, 0.15) is 0 Å². The summed E-state index contributed by atoms with van der Waals surface area (Å²) in [6, 6.07) is 7.07. The lowest BCUT2D eigenvalue weighted by atomic mass is 10.3. The van der Waals surface area contributed by atoms with Gasteiger partial charge in [-0.2, -0.15) is 0 Å². The second kappa shape index (κ2) is 10.9. The molecule has 1 rings (SSSR count). The number of nitrogens with zero attached hydrogens (tertiary/aromatic N) is 2. The van der Waals surface area contributed by atoms with Gasteiger partial charge < -0.3 is 25.5 Å². The van der Waals surface area contributed by atoms with Gasteiger partial charge in [0.15, 0.2) is 0 Å². The highest BCUT2D eigenvalue weighted by atomic mass is 79.9. The lowest BCUT2D eigenvalue weighted by Gasteiger charge is -2.26. The van der Waals surface area contributed by atoms with E-state index in [9.17, 15) is 9.59 Å². The van der Waals surface area contributed by atoms with Crippen LogP contribution in [0.25, 0.3) is 0 Å². The van der Waals surface area contributed by atoms with Crippen LogP contribution in [0, 0.1) is 0 Å². The highest BCUT2D eigenvalue weighted by Gasteiger charge is 2.15. The van der Waals surface area contributed by atoms with E-state index in [4.69, 9.17) is 5.11 Å². The Bertz CT molecular complexity index is 521. The summed E-state index contributed by atoms with van der Waals surface area (Å²) in [5, 5.41) is 13.8. The number of urea groups is 1. The van der Waals surface area contributed by atoms with Crippen molar-refractivity contribution in [1.29, 1.82) is 0 Å². The molecule has 0 fully saturated rings. The monoisotopic (exact) mass is 400 g/mol. The van der Waals surface area contributed by atoms with E-state index in [1.807, 2.05) is 12.1 Å². The number of benzene rings is 1. The Morgan fingerprint density at radius 2 is 1.71 bits per heavy atom. The molecule has 24 heavy (non-hydrogen) atoms. The van der Waals surface area contributed by atoms with E-state index in [1.54, 1.807) is 17.0 Å². The Kier molecular flexibility index (Phi) is 9.18. The molecule has 0 aromatic heterocycles. The van der Waals surface area contributed by atoms with Gasteiger partial charge >= 0.3 is 12.1 Å². The van der Waals surface area contributed by atoms with Crippen LogP contribution in [0.3, 0.4) is 0 Å². The molecule has 3 amide bonds. The predicted octanol–water partition coefficient (Wildman–Crippen LogP) is 2.89. The van der Waals surface area contributed by atoms with E-state index in [-0.39, 0.29) is 12.6 Å². The number of carboxylic acid groups (broad SMARTS) is 1. The van der Waals surface area contributed by atoms with Gasteiger partial charge in [0.25, 0.3) is 0 Å². The number of anilines is 1. The zero-order valence-electron chi connectivity index (χ0n) is 14.1. The molecule has 0 aliphatic heterocycles. The second-order valence-electron chi connectivity index (χ2n) is 5.18. The Morgan fingerprint density at radius 3 is 2.25 bits per heavy atom. The van der Waals surface area contributed by atoms with E-state index in [0.717, 1.165) is 24.1 Å². The number of rotatable bonds is 9. The summed E-state index contributed by atoms with van der Waals surface area (Å²) >= 11 is 3.35. The van der Waals surface area contributed by atoms with Gasteiger partial charge in [-0.25, -0.2) is 9.59 Å². The van der Waals surface area contributed by atoms with Gasteiger partial charge in [0.05, 0.1) is 0 Å². The van der Waals surface area contributed by atoms with Crippen LogP contribution >= 0.6 is 15.9 Å². The van der Waals surface area contributed by atoms with Crippen LogP contribution in [-0.4, -0.2) is 66.3 Å². The fourth-order valence-corrected chi connectivity index (χ4v) is 2.41. The molecule has 0 bridgehead atoms. The number of hydrogen-bond donors (Lipinski definition) is 3. The molecule has 7 nitrogen and oxygen atoms in total. The van der Waals surface area contributed by atoms with Crippen molar-refractivity contribution in [2.24, 2.45) is 0 Å². The van der Waals surface area contributed by atoms with Gasteiger partial charge in [0, 0.05) is 36.3 Å². The molecule has 8 heteroatoms. The highest BCUT2D eigenvalue weighted by molar-refractivity contribution is 9.10. The molecule has 0 atom stereocenters. The summed E-state index contributed by atoms with van der Waals surface area (Å²) in [5.74, 6) is 0. The van der Waals surface area contributed by atoms with E-state index in [2.05, 4.69) is 45.3 Å². The summed E-state index contributed by atoms with van der Waals surface area (Å²) in [6.45, 7) is 7.75. The third-order valence-corrected chi connectivity index (χ3v) is 4.15. The van der Waals surface area contributed by atoms with Gasteiger partial charge in [-0.05, 0) is 37.4 Å². The Hall–Kier alpha value is -1.80. The smallest absolute Gasteiger partial charge is 0.404 e. The van der Waals surface area contributed by atoms with Crippen molar-refractivity contribution >= 4 is 33.7 Å². The molecule has 3 N–H and O–H groups in total. The SMILES string of the molecule is CCN(CC)CCN(CCNC(=O)O)C(=O)Nc1ccc(Br)cc1. The number of amides is 3. The zero-order valence-corrected chi connectivity index (χ0v) is 15.7. The number of halogens is 1. The summed E-state index contributed by atoms with van der Waals surface area (Å²) in [5.41, 5.74) is 0.697. The number of carbonyl (C=O) groups is 2. The van der Waals surface area contributed by atoms with Gasteiger partial charge in [0.2, 0.25) is 0 Å². The molecule has 0 spiro atoms. The van der Waals surface area contributed by atoms with Crippen LogP contribution in [-0.2, 0) is 0 Å². The Morgan fingerprint density at radius 1 is 1.08 bits per heavy atom. The molecule has 0 radical (unpaired) electrons. The quantitative estimate of drug-likeness (QED) is 0.594. The summed E-state index contributed by atoms with van der Waals surface area (Å²) in [7, 11) is 0. The van der Waals surface area contributed by atoms with Crippen LogP contribution in [0.2, 0.25) is 0 Å². The minimum atomic E-state index is -1.09. The predicted molar refractivity (Wildman–Crippen MR) is 98.5 cm³/mol. The summed E-state index contributed by atoms with van der Waals surface area (Å²) < 4.78 is 0.935. The van der Waals surface area contributed by atoms with Crippen molar-refractivity contribution in [3.8, 4) is 0 Å². The van der Waals surface area contributed by atoms with Crippen LogP contribution in [0.5, 0.6) is 0 Å². The molecule has 0 saturated heterocycles. The van der Waals surface area contributed by atoms with Crippen molar-refractivity contribution in [1.82, 2.24) is 15.1 Å². The minimum absolute atomic E-state index is 0.196. The van der Waals surface area contributed by atoms with Crippen LogP contribution < -0.4 is 10.6 Å². The van der Waals surface area contributed by atoms with Crippen molar-refractivity contribution in [3.05, 3.63) is 28.7 Å². The van der Waals surface area contributed by atoms with Gasteiger partial charge in [-0.1, -0.05) is 29.8 Å². The Balaban J connectivity index is 2.64. The first-order valence-electron chi connectivity index (χ1n) is 7.96. The maximum absolute atomic E-state index is 12.5. The average molecular weight is 401 g/mol. The lowest BCUT2D eigenvalue weighted by molar-refractivity contribution is 0.185. The van der Waals surface area contributed by atoms with Gasteiger partial charge in [-0.15, -0.1) is 0 Å². The number of hydrogen-bond acceptors (Lipinski definition) is 3. The summed E-state index contributed by atoms with van der Waals surface area (Å²) in [6.07, 6.45) is -1.09. The van der Waals surface area contributed by atoms with Gasteiger partial charge in [-0.3, -0.25) is 0 Å². The average Bonchev–Trinajstić information content (AvgIpc) is 2.55. The third kappa shape index (κ3) is 7.65. The third-order valence-electron chi connectivity index (χ3n) is 3.62. The molecule has 0 unspecified atom stereocenters. The highest BCUT2D eigenvalue weighted by Crippen LogP contribution is 2.14. The first kappa shape index (κ1) is 20.2. The van der Waals surface area contributed by atoms with Crippen LogP contribution in [0.4, 0.5) is 15.3 Å². The molecule has 0 aliphatic rings. The fourth-order valence-electron chi connectivity index (χ4n) is 2.15.